The maximum Gasteiger partial charge on any atom is 0.333 e. The summed E-state index contributed by atoms with van der Waals surface area (Å²) in [7, 11) is 0. The maximum absolute atomic E-state index is 11.7. The molecule has 0 fully saturated rings. The third-order valence-corrected chi connectivity index (χ3v) is 5.35. The average Bonchev–Trinajstić information content (AvgIpc) is 2.76. The van der Waals surface area contributed by atoms with E-state index in [0.717, 1.165) is 59.0 Å². The molecule has 1 aromatic heterocycles. The van der Waals surface area contributed by atoms with Gasteiger partial charge in [-0.1, -0.05) is 37.6 Å². The molecule has 1 N–H and O–H groups in total. The number of rotatable bonds is 4. The van der Waals surface area contributed by atoms with Crippen LogP contribution in [0.25, 0.3) is 10.5 Å². The van der Waals surface area contributed by atoms with Gasteiger partial charge in [0.2, 0.25) is 0 Å². The molecule has 1 aliphatic heterocycles. The fourth-order valence-electron chi connectivity index (χ4n) is 3.70. The minimum atomic E-state index is -0.808. The lowest BCUT2D eigenvalue weighted by Gasteiger charge is -2.08. The first-order valence-corrected chi connectivity index (χ1v) is 9.42. The molecule has 4 heteroatoms. The molecule has 132 valence electrons. The first-order chi connectivity index (χ1) is 12.0. The average molecular weight is 356 g/mol. The van der Waals surface area contributed by atoms with Gasteiger partial charge in [0.05, 0.1) is 16.3 Å². The molecular weight excluding hydrogens is 330 g/mol. The van der Waals surface area contributed by atoms with Crippen molar-refractivity contribution >= 4 is 29.1 Å². The van der Waals surface area contributed by atoms with Crippen LogP contribution in [-0.4, -0.2) is 15.6 Å². The van der Waals surface area contributed by atoms with Crippen molar-refractivity contribution in [3.8, 4) is 0 Å². The van der Waals surface area contributed by atoms with Gasteiger partial charge in [0.1, 0.15) is 0 Å². The summed E-state index contributed by atoms with van der Waals surface area (Å²) in [5.74, 6) is -0.808. The Hall–Kier alpha value is -1.94. The number of fused-ring (bicyclic) bond motifs is 1. The molecule has 1 aromatic carbocycles. The van der Waals surface area contributed by atoms with Crippen molar-refractivity contribution in [1.29, 1.82) is 0 Å². The number of thiol groups is 1. The zero-order chi connectivity index (χ0) is 18.0. The molecule has 0 bridgehead atoms. The summed E-state index contributed by atoms with van der Waals surface area (Å²) in [4.78, 5) is 12.6. The van der Waals surface area contributed by atoms with Crippen LogP contribution in [0.5, 0.6) is 0 Å². The fraction of sp³-hybridized carbons (Fsp3) is 0.381. The molecular formula is C21H25NO2S. The molecule has 0 spiro atoms. The van der Waals surface area contributed by atoms with E-state index in [1.165, 1.54) is 5.56 Å². The van der Waals surface area contributed by atoms with Gasteiger partial charge in [-0.3, -0.25) is 0 Å². The van der Waals surface area contributed by atoms with Crippen molar-refractivity contribution in [2.45, 2.75) is 52.5 Å². The highest BCUT2D eigenvalue weighted by Gasteiger charge is 2.17. The van der Waals surface area contributed by atoms with E-state index in [1.807, 2.05) is 13.0 Å². The highest BCUT2D eigenvalue weighted by Crippen LogP contribution is 2.19. The molecule has 0 radical (unpaired) electrons. The van der Waals surface area contributed by atoms with E-state index in [-0.39, 0.29) is 0 Å². The maximum atomic E-state index is 11.7. The van der Waals surface area contributed by atoms with Crippen LogP contribution in [-0.2, 0) is 17.8 Å². The number of hydrogen-bond acceptors (Lipinski definition) is 2. The third-order valence-electron chi connectivity index (χ3n) is 4.88. The van der Waals surface area contributed by atoms with Gasteiger partial charge in [-0.05, 0) is 55.4 Å². The van der Waals surface area contributed by atoms with Crippen LogP contribution >= 0.6 is 12.6 Å². The Morgan fingerprint density at radius 2 is 2.08 bits per heavy atom. The molecule has 0 aliphatic carbocycles. The first kappa shape index (κ1) is 17.9. The Labute approximate surface area is 154 Å². The lowest BCUT2D eigenvalue weighted by Crippen LogP contribution is -2.30. The van der Waals surface area contributed by atoms with Gasteiger partial charge >= 0.3 is 5.97 Å². The predicted octanol–water partition coefficient (Wildman–Crippen LogP) is 3.25. The van der Waals surface area contributed by atoms with E-state index in [1.54, 1.807) is 0 Å². The van der Waals surface area contributed by atoms with Crippen LogP contribution in [0.2, 0.25) is 0 Å². The Kier molecular flexibility index (Phi) is 5.38. The van der Waals surface area contributed by atoms with Gasteiger partial charge in [0.15, 0.2) is 0 Å². The van der Waals surface area contributed by atoms with Gasteiger partial charge in [-0.25, -0.2) is 4.79 Å². The number of carbonyl (C=O) groups is 1. The smallest absolute Gasteiger partial charge is 0.333 e. The monoisotopic (exact) mass is 355 g/mol. The molecule has 2 aromatic rings. The number of aryl methyl sites for hydroxylation is 2. The molecule has 2 heterocycles. The molecule has 1 aliphatic rings. The van der Waals surface area contributed by atoms with E-state index in [2.05, 4.69) is 35.8 Å². The molecule has 0 saturated carbocycles. The summed E-state index contributed by atoms with van der Waals surface area (Å²) in [6, 6.07) is 10.5. The number of hydrogen-bond donors (Lipinski definition) is 2. The predicted molar refractivity (Wildman–Crippen MR) is 105 cm³/mol. The highest BCUT2D eigenvalue weighted by atomic mass is 32.1. The molecule has 0 saturated heterocycles. The molecule has 0 amide bonds. The summed E-state index contributed by atoms with van der Waals surface area (Å²) in [5, 5.41) is 11.5. The zero-order valence-corrected chi connectivity index (χ0v) is 15.8. The van der Waals surface area contributed by atoms with Crippen molar-refractivity contribution in [2.24, 2.45) is 0 Å². The number of benzene rings is 1. The molecule has 3 rings (SSSR count). The van der Waals surface area contributed by atoms with Crippen LogP contribution in [0, 0.1) is 6.92 Å². The molecule has 0 unspecified atom stereocenters. The molecule has 3 nitrogen and oxygen atoms in total. The van der Waals surface area contributed by atoms with Gasteiger partial charge in [-0.15, -0.1) is 12.6 Å². The van der Waals surface area contributed by atoms with Crippen LogP contribution in [0.4, 0.5) is 0 Å². The minimum absolute atomic E-state index is 0.521. The van der Waals surface area contributed by atoms with Gasteiger partial charge in [-0.2, -0.15) is 0 Å². The van der Waals surface area contributed by atoms with Crippen LogP contribution in [0.3, 0.4) is 0 Å². The van der Waals surface area contributed by atoms with E-state index in [4.69, 9.17) is 12.6 Å². The van der Waals surface area contributed by atoms with Crippen LogP contribution in [0.1, 0.15) is 49.3 Å². The second-order valence-corrected chi connectivity index (χ2v) is 7.20. The Morgan fingerprint density at radius 3 is 2.80 bits per heavy atom. The Balaban J connectivity index is 2.27. The second-order valence-electron chi connectivity index (χ2n) is 6.75. The van der Waals surface area contributed by atoms with Gasteiger partial charge in [0, 0.05) is 11.4 Å². The Bertz CT molecular complexity index is 924. The van der Waals surface area contributed by atoms with E-state index >= 15 is 0 Å². The van der Waals surface area contributed by atoms with E-state index < -0.39 is 5.97 Å². The van der Waals surface area contributed by atoms with Crippen molar-refractivity contribution < 1.29 is 9.90 Å². The number of nitrogens with zero attached hydrogens (tertiary/aromatic N) is 1. The summed E-state index contributed by atoms with van der Waals surface area (Å²) in [6.07, 6.45) is 4.70. The topological polar surface area (TPSA) is 42.2 Å². The number of carboxylic acid groups (broad SMARTS) is 1. The third kappa shape index (κ3) is 3.54. The standard InChI is InChI=1S/C21H25NO2S/c1-3-7-15-8-6-9-16(13-15)20(25)19-14(2)12-18-17(21(23)24)10-4-5-11-22(18)19/h6,8-9,12-13,25H,3-5,7,10-11H2,1-2H3,(H,23,24). The van der Waals surface area contributed by atoms with Crippen molar-refractivity contribution in [3.63, 3.8) is 0 Å². The zero-order valence-electron chi connectivity index (χ0n) is 14.9. The number of carboxylic acids is 1. The minimum Gasteiger partial charge on any atom is -0.478 e. The van der Waals surface area contributed by atoms with Crippen molar-refractivity contribution in [1.82, 2.24) is 4.57 Å². The first-order valence-electron chi connectivity index (χ1n) is 8.98. The van der Waals surface area contributed by atoms with Crippen molar-refractivity contribution in [2.75, 3.05) is 0 Å². The lowest BCUT2D eigenvalue weighted by molar-refractivity contribution is -0.130. The second kappa shape index (κ2) is 7.52. The SMILES string of the molecule is CCCc1cccc(C(S)=c2c(C)cc3n2CCCCC=3C(=O)O)c1. The normalized spacial score (nSPS) is 15.6. The summed E-state index contributed by atoms with van der Waals surface area (Å²) in [5.41, 5.74) is 4.01. The van der Waals surface area contributed by atoms with Crippen LogP contribution < -0.4 is 10.7 Å². The molecule has 0 atom stereocenters. The molecule has 25 heavy (non-hydrogen) atoms. The summed E-state index contributed by atoms with van der Waals surface area (Å²) >= 11 is 4.85. The number of aliphatic carboxylic acids is 1. The van der Waals surface area contributed by atoms with E-state index in [0.29, 0.717) is 12.0 Å². The largest absolute Gasteiger partial charge is 0.478 e. The van der Waals surface area contributed by atoms with Gasteiger partial charge < -0.3 is 9.67 Å². The fourth-order valence-corrected chi connectivity index (χ4v) is 4.13. The van der Waals surface area contributed by atoms with Crippen LogP contribution in [0.15, 0.2) is 30.3 Å². The Morgan fingerprint density at radius 1 is 1.28 bits per heavy atom. The van der Waals surface area contributed by atoms with Crippen molar-refractivity contribution in [3.05, 3.63) is 57.7 Å². The summed E-state index contributed by atoms with van der Waals surface area (Å²) in [6.45, 7) is 5.06. The quantitative estimate of drug-likeness (QED) is 0.827. The highest BCUT2D eigenvalue weighted by molar-refractivity contribution is 7.90. The lowest BCUT2D eigenvalue weighted by atomic mass is 10.1. The van der Waals surface area contributed by atoms with Gasteiger partial charge in [0.25, 0.3) is 0 Å². The van der Waals surface area contributed by atoms with E-state index in [9.17, 15) is 9.90 Å². The summed E-state index contributed by atoms with van der Waals surface area (Å²) < 4.78 is 2.15. The number of aromatic nitrogens is 1.